The number of nitro groups is 1. The highest BCUT2D eigenvalue weighted by Crippen LogP contribution is 2.12. The quantitative estimate of drug-likeness (QED) is 0.568. The van der Waals surface area contributed by atoms with Gasteiger partial charge in [-0.05, 0) is 17.7 Å². The maximum atomic E-state index is 12.1. The molecule has 1 aromatic carbocycles. The molecule has 0 aliphatic carbocycles. The molecule has 0 saturated heterocycles. The summed E-state index contributed by atoms with van der Waals surface area (Å²) in [6, 6.07) is 8.63. The number of hydrogen-bond donors (Lipinski definition) is 1. The molecule has 0 spiro atoms. The molecule has 0 aliphatic rings. The molecule has 0 unspecified atom stereocenters. The van der Waals surface area contributed by atoms with E-state index in [0.717, 1.165) is 5.56 Å². The minimum Gasteiger partial charge on any atom is -0.305 e. The zero-order valence-corrected chi connectivity index (χ0v) is 12.8. The number of aryl methyl sites for hydroxylation is 1. The van der Waals surface area contributed by atoms with E-state index in [1.165, 1.54) is 17.1 Å². The molecule has 3 aromatic rings. The van der Waals surface area contributed by atoms with E-state index in [1.54, 1.807) is 48.3 Å². The second kappa shape index (κ2) is 6.32. The average Bonchev–Trinajstić information content (AvgIpc) is 3.17. The van der Waals surface area contributed by atoms with Crippen molar-refractivity contribution >= 4 is 17.4 Å². The zero-order valence-electron chi connectivity index (χ0n) is 12.8. The highest BCUT2D eigenvalue weighted by molar-refractivity contribution is 6.03. The maximum Gasteiger partial charge on any atom is 0.307 e. The summed E-state index contributed by atoms with van der Waals surface area (Å²) in [7, 11) is 1.77. The predicted octanol–water partition coefficient (Wildman–Crippen LogP) is 1.83. The van der Waals surface area contributed by atoms with Gasteiger partial charge < -0.3 is 5.32 Å². The molecule has 24 heavy (non-hydrogen) atoms. The largest absolute Gasteiger partial charge is 0.307 e. The van der Waals surface area contributed by atoms with E-state index < -0.39 is 4.92 Å². The summed E-state index contributed by atoms with van der Waals surface area (Å²) in [6.45, 7) is 0.385. The Bertz CT molecular complexity index is 881. The molecule has 0 bridgehead atoms. The lowest BCUT2D eigenvalue weighted by molar-refractivity contribution is -0.385. The van der Waals surface area contributed by atoms with E-state index in [-0.39, 0.29) is 11.6 Å². The van der Waals surface area contributed by atoms with Gasteiger partial charge in [0, 0.05) is 24.9 Å². The van der Waals surface area contributed by atoms with Crippen LogP contribution < -0.4 is 5.32 Å². The second-order valence-corrected chi connectivity index (χ2v) is 5.18. The molecule has 9 heteroatoms. The summed E-state index contributed by atoms with van der Waals surface area (Å²) < 4.78 is 3.07. The lowest BCUT2D eigenvalue weighted by Gasteiger charge is -2.04. The van der Waals surface area contributed by atoms with E-state index in [9.17, 15) is 14.9 Å². The summed E-state index contributed by atoms with van der Waals surface area (Å²) >= 11 is 0. The molecule has 0 aliphatic heterocycles. The predicted molar refractivity (Wildman–Crippen MR) is 85.6 cm³/mol. The molecular weight excluding hydrogens is 312 g/mol. The zero-order chi connectivity index (χ0) is 17.1. The van der Waals surface area contributed by atoms with Crippen LogP contribution in [0.1, 0.15) is 15.9 Å². The van der Waals surface area contributed by atoms with Crippen LogP contribution in [0.15, 0.2) is 48.9 Å². The number of amides is 1. The Balaban J connectivity index is 1.66. The highest BCUT2D eigenvalue weighted by atomic mass is 16.6. The number of aromatic nitrogens is 4. The van der Waals surface area contributed by atoms with Gasteiger partial charge in [-0.15, -0.1) is 0 Å². The topological polar surface area (TPSA) is 108 Å². The van der Waals surface area contributed by atoms with Crippen LogP contribution in [0.4, 0.5) is 11.5 Å². The van der Waals surface area contributed by atoms with E-state index in [4.69, 9.17) is 0 Å². The van der Waals surface area contributed by atoms with E-state index in [1.807, 2.05) is 0 Å². The molecular formula is C15H14N6O3. The number of hydrogen-bond acceptors (Lipinski definition) is 5. The molecule has 0 saturated carbocycles. The van der Waals surface area contributed by atoms with Gasteiger partial charge in [0.25, 0.3) is 5.91 Å². The van der Waals surface area contributed by atoms with Gasteiger partial charge in [0.1, 0.15) is 12.4 Å². The average molecular weight is 326 g/mol. The summed E-state index contributed by atoms with van der Waals surface area (Å²) in [4.78, 5) is 22.3. The van der Waals surface area contributed by atoms with Crippen molar-refractivity contribution in [2.75, 3.05) is 5.32 Å². The first-order chi connectivity index (χ1) is 11.5. The first kappa shape index (κ1) is 15.4. The third-order valence-electron chi connectivity index (χ3n) is 3.35. The molecule has 9 nitrogen and oxygen atoms in total. The van der Waals surface area contributed by atoms with Crippen LogP contribution in [-0.2, 0) is 13.6 Å². The summed E-state index contributed by atoms with van der Waals surface area (Å²) in [5.74, 6) is 0.227. The number of benzene rings is 1. The van der Waals surface area contributed by atoms with Crippen LogP contribution in [0, 0.1) is 10.1 Å². The van der Waals surface area contributed by atoms with Crippen molar-refractivity contribution in [1.29, 1.82) is 0 Å². The standard InChI is InChI=1S/C15H14N6O3/c1-19-7-6-14(18-19)17-15(22)12-4-2-11(3-5-12)9-20-10-13(8-16-20)21(23)24/h2-8,10H,9H2,1H3,(H,17,18,22). The Morgan fingerprint density at radius 3 is 2.62 bits per heavy atom. The molecule has 1 N–H and O–H groups in total. The number of nitrogens with one attached hydrogen (secondary N) is 1. The van der Waals surface area contributed by atoms with Crippen LogP contribution in [0.3, 0.4) is 0 Å². The third kappa shape index (κ3) is 3.46. The molecule has 122 valence electrons. The number of carbonyl (C=O) groups excluding carboxylic acids is 1. The van der Waals surface area contributed by atoms with Crippen molar-refractivity contribution in [3.63, 3.8) is 0 Å². The van der Waals surface area contributed by atoms with Gasteiger partial charge in [-0.3, -0.25) is 24.3 Å². The van der Waals surface area contributed by atoms with Crippen molar-refractivity contribution in [1.82, 2.24) is 19.6 Å². The molecule has 2 heterocycles. The fourth-order valence-electron chi connectivity index (χ4n) is 2.15. The van der Waals surface area contributed by atoms with Crippen LogP contribution >= 0.6 is 0 Å². The molecule has 0 atom stereocenters. The molecule has 1 amide bonds. The van der Waals surface area contributed by atoms with Crippen molar-refractivity contribution in [3.8, 4) is 0 Å². The van der Waals surface area contributed by atoms with Crippen LogP contribution in [0.2, 0.25) is 0 Å². The SMILES string of the molecule is Cn1ccc(NC(=O)c2ccc(Cn3cc([N+](=O)[O-])cn3)cc2)n1. The van der Waals surface area contributed by atoms with E-state index >= 15 is 0 Å². The summed E-state index contributed by atoms with van der Waals surface area (Å²) in [5, 5.41) is 21.4. The van der Waals surface area contributed by atoms with Gasteiger partial charge in [0.15, 0.2) is 5.82 Å². The minimum atomic E-state index is -0.492. The van der Waals surface area contributed by atoms with Gasteiger partial charge >= 0.3 is 5.69 Å². The molecule has 2 aromatic heterocycles. The van der Waals surface area contributed by atoms with Gasteiger partial charge in [0.05, 0.1) is 11.5 Å². The summed E-state index contributed by atoms with van der Waals surface area (Å²) in [5.41, 5.74) is 1.32. The van der Waals surface area contributed by atoms with Gasteiger partial charge in [0.2, 0.25) is 0 Å². The Hall–Kier alpha value is -3.49. The van der Waals surface area contributed by atoms with Gasteiger partial charge in [-0.1, -0.05) is 12.1 Å². The molecule has 0 fully saturated rings. The Morgan fingerprint density at radius 2 is 2.04 bits per heavy atom. The van der Waals surface area contributed by atoms with Crippen molar-refractivity contribution in [3.05, 3.63) is 70.2 Å². The minimum absolute atomic E-state index is 0.0543. The number of nitrogens with zero attached hydrogens (tertiary/aromatic N) is 5. The van der Waals surface area contributed by atoms with Crippen molar-refractivity contribution < 1.29 is 9.72 Å². The smallest absolute Gasteiger partial charge is 0.305 e. The van der Waals surface area contributed by atoms with Crippen LogP contribution in [-0.4, -0.2) is 30.4 Å². The second-order valence-electron chi connectivity index (χ2n) is 5.18. The molecule has 0 radical (unpaired) electrons. The number of carbonyl (C=O) groups is 1. The molecule has 3 rings (SSSR count). The Kier molecular flexibility index (Phi) is 4.06. The number of anilines is 1. The number of rotatable bonds is 5. The van der Waals surface area contributed by atoms with Crippen molar-refractivity contribution in [2.24, 2.45) is 7.05 Å². The fourth-order valence-corrected chi connectivity index (χ4v) is 2.15. The first-order valence-corrected chi connectivity index (χ1v) is 7.08. The van der Waals surface area contributed by atoms with E-state index in [2.05, 4.69) is 15.5 Å². The lowest BCUT2D eigenvalue weighted by atomic mass is 10.1. The van der Waals surface area contributed by atoms with Gasteiger partial charge in [-0.2, -0.15) is 10.2 Å². The fraction of sp³-hybridized carbons (Fsp3) is 0.133. The third-order valence-corrected chi connectivity index (χ3v) is 3.35. The normalized spacial score (nSPS) is 10.5. The monoisotopic (exact) mass is 326 g/mol. The first-order valence-electron chi connectivity index (χ1n) is 7.08. The van der Waals surface area contributed by atoms with Crippen LogP contribution in [0.25, 0.3) is 0 Å². The lowest BCUT2D eigenvalue weighted by Crippen LogP contribution is -2.12. The van der Waals surface area contributed by atoms with Gasteiger partial charge in [-0.25, -0.2) is 0 Å². The summed E-state index contributed by atoms with van der Waals surface area (Å²) in [6.07, 6.45) is 4.30. The highest BCUT2D eigenvalue weighted by Gasteiger charge is 2.10. The van der Waals surface area contributed by atoms with Crippen molar-refractivity contribution in [2.45, 2.75) is 6.54 Å². The maximum absolute atomic E-state index is 12.1. The Labute approximate surface area is 136 Å². The van der Waals surface area contributed by atoms with E-state index in [0.29, 0.717) is 17.9 Å². The Morgan fingerprint density at radius 1 is 1.29 bits per heavy atom. The van der Waals surface area contributed by atoms with Crippen LogP contribution in [0.5, 0.6) is 0 Å².